The molecule has 0 aromatic heterocycles. The van der Waals surface area contributed by atoms with Crippen molar-refractivity contribution in [2.75, 3.05) is 39.6 Å². The first-order valence-corrected chi connectivity index (χ1v) is 18.4. The topological polar surface area (TPSA) is 99.4 Å². The third kappa shape index (κ3) is 12.3. The molecule has 0 unspecified atom stereocenters. The average Bonchev–Trinajstić information content (AvgIpc) is 2.76. The highest BCUT2D eigenvalue weighted by atomic mass is 28.4. The molecule has 0 radical (unpaired) electrons. The Morgan fingerprint density at radius 1 is 0.548 bits per heavy atom. The van der Waals surface area contributed by atoms with E-state index in [1.165, 1.54) is 32.1 Å². The summed E-state index contributed by atoms with van der Waals surface area (Å²) < 4.78 is 12.4. The SMILES string of the molecule is CCC(CO)(CO)CO[Si](C)(C)CCCCCCC[Si](C)(C)OCC(CC)(CO)CO. The summed E-state index contributed by atoms with van der Waals surface area (Å²) in [6, 6.07) is 2.21. The van der Waals surface area contributed by atoms with E-state index in [1.807, 2.05) is 13.8 Å². The second kappa shape index (κ2) is 15.2. The van der Waals surface area contributed by atoms with Gasteiger partial charge in [-0.1, -0.05) is 46.0 Å². The summed E-state index contributed by atoms with van der Waals surface area (Å²) in [6.45, 7) is 13.6. The highest BCUT2D eigenvalue weighted by Gasteiger charge is 2.32. The van der Waals surface area contributed by atoms with Gasteiger partial charge < -0.3 is 29.3 Å². The van der Waals surface area contributed by atoms with Crippen LogP contribution in [-0.4, -0.2) is 76.7 Å². The second-order valence-corrected chi connectivity index (χ2v) is 19.3. The maximum Gasteiger partial charge on any atom is 0.186 e. The van der Waals surface area contributed by atoms with Crippen molar-refractivity contribution in [1.82, 2.24) is 0 Å². The minimum atomic E-state index is -1.78. The van der Waals surface area contributed by atoms with Gasteiger partial charge in [-0.2, -0.15) is 0 Å². The largest absolute Gasteiger partial charge is 0.417 e. The third-order valence-corrected chi connectivity index (χ3v) is 11.9. The van der Waals surface area contributed by atoms with Gasteiger partial charge in [0.1, 0.15) is 0 Å². The quantitative estimate of drug-likeness (QED) is 0.154. The summed E-state index contributed by atoms with van der Waals surface area (Å²) in [4.78, 5) is 0. The molecule has 6 nitrogen and oxygen atoms in total. The third-order valence-electron chi connectivity index (χ3n) is 6.94. The van der Waals surface area contributed by atoms with Crippen LogP contribution in [0.2, 0.25) is 38.3 Å². The molecule has 0 heterocycles. The molecule has 0 aliphatic heterocycles. The Labute approximate surface area is 193 Å². The summed E-state index contributed by atoms with van der Waals surface area (Å²) in [5, 5.41) is 38.3. The van der Waals surface area contributed by atoms with Crippen LogP contribution >= 0.6 is 0 Å². The molecule has 0 bridgehead atoms. The molecule has 0 fully saturated rings. The van der Waals surface area contributed by atoms with E-state index in [0.717, 1.165) is 12.1 Å². The summed E-state index contributed by atoms with van der Waals surface area (Å²) >= 11 is 0. The summed E-state index contributed by atoms with van der Waals surface area (Å²) in [5.74, 6) is 0. The van der Waals surface area contributed by atoms with Crippen LogP contribution in [0.4, 0.5) is 0 Å². The van der Waals surface area contributed by atoms with Crippen molar-refractivity contribution in [1.29, 1.82) is 0 Å². The Bertz CT molecular complexity index is 395. The van der Waals surface area contributed by atoms with Crippen LogP contribution in [0.15, 0.2) is 0 Å². The zero-order chi connectivity index (χ0) is 24.0. The fraction of sp³-hybridized carbons (Fsp3) is 1.00. The van der Waals surface area contributed by atoms with E-state index in [2.05, 4.69) is 26.2 Å². The lowest BCUT2D eigenvalue weighted by molar-refractivity contribution is 0.00832. The van der Waals surface area contributed by atoms with Crippen LogP contribution in [0.3, 0.4) is 0 Å². The Hall–Kier alpha value is 0.194. The van der Waals surface area contributed by atoms with Crippen LogP contribution in [-0.2, 0) is 8.85 Å². The molecule has 8 heteroatoms. The molecule has 0 aromatic rings. The normalized spacial score (nSPS) is 13.7. The highest BCUT2D eigenvalue weighted by molar-refractivity contribution is 6.71. The molecule has 0 spiro atoms. The summed E-state index contributed by atoms with van der Waals surface area (Å²) in [5.41, 5.74) is -1.01. The lowest BCUT2D eigenvalue weighted by atomic mass is 9.88. The monoisotopic (exact) mass is 480 g/mol. The van der Waals surface area contributed by atoms with Crippen LogP contribution in [0.1, 0.15) is 58.8 Å². The zero-order valence-corrected chi connectivity index (χ0v) is 23.2. The van der Waals surface area contributed by atoms with Crippen LogP contribution in [0.25, 0.3) is 0 Å². The van der Waals surface area contributed by atoms with Gasteiger partial charge in [0.15, 0.2) is 16.6 Å². The van der Waals surface area contributed by atoms with Crippen LogP contribution < -0.4 is 0 Å². The minimum absolute atomic E-state index is 0.0344. The molecule has 0 aliphatic carbocycles. The lowest BCUT2D eigenvalue weighted by Crippen LogP contribution is -2.41. The molecular weight excluding hydrogens is 428 g/mol. The van der Waals surface area contributed by atoms with Crippen molar-refractivity contribution < 1.29 is 29.3 Å². The molecule has 4 N–H and O–H groups in total. The Morgan fingerprint density at radius 2 is 0.839 bits per heavy atom. The molecule has 0 rings (SSSR count). The molecule has 0 aliphatic rings. The summed E-state index contributed by atoms with van der Waals surface area (Å²) in [6.07, 6.45) is 7.39. The fourth-order valence-electron chi connectivity index (χ4n) is 3.41. The number of hydrogen-bond acceptors (Lipinski definition) is 6. The average molecular weight is 481 g/mol. The fourth-order valence-corrected chi connectivity index (χ4v) is 7.29. The van der Waals surface area contributed by atoms with Gasteiger partial charge >= 0.3 is 0 Å². The predicted molar refractivity (Wildman–Crippen MR) is 133 cm³/mol. The van der Waals surface area contributed by atoms with E-state index in [9.17, 15) is 20.4 Å². The molecule has 0 atom stereocenters. The molecule has 0 aromatic carbocycles. The highest BCUT2D eigenvalue weighted by Crippen LogP contribution is 2.27. The van der Waals surface area contributed by atoms with Gasteiger partial charge in [0.2, 0.25) is 0 Å². The van der Waals surface area contributed by atoms with E-state index in [-0.39, 0.29) is 26.4 Å². The summed E-state index contributed by atoms with van der Waals surface area (Å²) in [7, 11) is -3.55. The number of unbranched alkanes of at least 4 members (excludes halogenated alkanes) is 4. The van der Waals surface area contributed by atoms with Gasteiger partial charge in [-0.25, -0.2) is 0 Å². The number of aliphatic hydroxyl groups is 4. The molecular formula is C23H52O6Si2. The van der Waals surface area contributed by atoms with E-state index in [1.54, 1.807) is 0 Å². The van der Waals surface area contributed by atoms with Crippen molar-refractivity contribution in [3.8, 4) is 0 Å². The molecule has 0 saturated carbocycles. The lowest BCUT2D eigenvalue weighted by Gasteiger charge is -2.33. The van der Waals surface area contributed by atoms with Gasteiger partial charge in [-0.05, 0) is 51.1 Å². The molecule has 0 amide bonds. The number of hydrogen-bond donors (Lipinski definition) is 4. The standard InChI is InChI=1S/C23H52O6Si2/c1-7-22(16-24,17-25)20-28-30(3,4)14-12-10-9-11-13-15-31(5,6)29-21-23(8-2,18-26)19-27/h24-27H,7-21H2,1-6H3. The van der Waals surface area contributed by atoms with Gasteiger partial charge in [0.25, 0.3) is 0 Å². The Balaban J connectivity index is 4.08. The van der Waals surface area contributed by atoms with Gasteiger partial charge in [-0.15, -0.1) is 0 Å². The minimum Gasteiger partial charge on any atom is -0.417 e. The van der Waals surface area contributed by atoms with Crippen LogP contribution in [0, 0.1) is 10.8 Å². The second-order valence-electron chi connectivity index (χ2n) is 10.7. The van der Waals surface area contributed by atoms with Crippen molar-refractivity contribution in [3.05, 3.63) is 0 Å². The van der Waals surface area contributed by atoms with Gasteiger partial charge in [0, 0.05) is 24.0 Å². The Morgan fingerprint density at radius 3 is 1.10 bits per heavy atom. The smallest absolute Gasteiger partial charge is 0.186 e. The van der Waals surface area contributed by atoms with E-state index in [4.69, 9.17) is 8.85 Å². The Kier molecular flexibility index (Phi) is 15.3. The van der Waals surface area contributed by atoms with Crippen molar-refractivity contribution in [2.24, 2.45) is 10.8 Å². The molecule has 0 saturated heterocycles. The first kappa shape index (κ1) is 31.2. The molecule has 31 heavy (non-hydrogen) atoms. The van der Waals surface area contributed by atoms with Crippen molar-refractivity contribution in [2.45, 2.75) is 97.1 Å². The number of rotatable bonds is 20. The van der Waals surface area contributed by atoms with E-state index < -0.39 is 27.5 Å². The predicted octanol–water partition coefficient (Wildman–Crippen LogP) is 4.14. The first-order chi connectivity index (χ1) is 14.5. The first-order valence-electron chi connectivity index (χ1n) is 12.2. The van der Waals surface area contributed by atoms with Gasteiger partial charge in [-0.3, -0.25) is 0 Å². The van der Waals surface area contributed by atoms with Crippen molar-refractivity contribution in [3.63, 3.8) is 0 Å². The van der Waals surface area contributed by atoms with Crippen molar-refractivity contribution >= 4 is 16.6 Å². The van der Waals surface area contributed by atoms with Gasteiger partial charge in [0.05, 0.1) is 26.4 Å². The maximum absolute atomic E-state index is 9.59. The zero-order valence-electron chi connectivity index (χ0n) is 21.2. The number of aliphatic hydroxyl groups excluding tert-OH is 4. The van der Waals surface area contributed by atoms with E-state index >= 15 is 0 Å². The van der Waals surface area contributed by atoms with Crippen LogP contribution in [0.5, 0.6) is 0 Å². The molecule has 188 valence electrons. The van der Waals surface area contributed by atoms with E-state index in [0.29, 0.717) is 26.1 Å². The maximum atomic E-state index is 9.59.